The van der Waals surface area contributed by atoms with Gasteiger partial charge in [0.15, 0.2) is 5.84 Å². The predicted octanol–water partition coefficient (Wildman–Crippen LogP) is -0.563. The van der Waals surface area contributed by atoms with Crippen molar-refractivity contribution in [2.24, 2.45) is 16.8 Å². The number of hydrogen-bond donors (Lipinski definition) is 3. The Morgan fingerprint density at radius 3 is 2.54 bits per heavy atom. The van der Waals surface area contributed by atoms with Gasteiger partial charge in [-0.1, -0.05) is 5.16 Å². The fraction of sp³-hybridized carbons (Fsp3) is 0.875. The zero-order chi connectivity index (χ0) is 9.68. The van der Waals surface area contributed by atoms with Gasteiger partial charge in [-0.25, -0.2) is 0 Å². The number of hydrogen-bond acceptors (Lipinski definition) is 4. The summed E-state index contributed by atoms with van der Waals surface area (Å²) in [7, 11) is 0. The van der Waals surface area contributed by atoms with Crippen LogP contribution in [-0.2, 0) is 0 Å². The summed E-state index contributed by atoms with van der Waals surface area (Å²) in [4.78, 5) is 2.13. The Labute approximate surface area is 77.8 Å². The molecule has 1 heterocycles. The molecule has 0 amide bonds. The van der Waals surface area contributed by atoms with Crippen molar-refractivity contribution in [2.45, 2.75) is 12.8 Å². The van der Waals surface area contributed by atoms with Gasteiger partial charge in [0.05, 0.1) is 6.54 Å². The minimum Gasteiger partial charge on any atom is -0.409 e. The van der Waals surface area contributed by atoms with E-state index in [4.69, 9.17) is 16.0 Å². The third-order valence-corrected chi connectivity index (χ3v) is 2.48. The van der Waals surface area contributed by atoms with Crippen LogP contribution in [0.1, 0.15) is 12.8 Å². The molecular weight excluding hydrogens is 170 g/mol. The Morgan fingerprint density at radius 2 is 2.08 bits per heavy atom. The van der Waals surface area contributed by atoms with Gasteiger partial charge in [-0.3, -0.25) is 4.90 Å². The first kappa shape index (κ1) is 10.3. The highest BCUT2D eigenvalue weighted by Crippen LogP contribution is 2.15. The maximum atomic E-state index is 8.90. The molecule has 1 fully saturated rings. The highest BCUT2D eigenvalue weighted by atomic mass is 16.4. The summed E-state index contributed by atoms with van der Waals surface area (Å²) in [6.45, 7) is 2.63. The maximum Gasteiger partial charge on any atom is 0.153 e. The number of aliphatic hydroxyl groups excluding tert-OH is 1. The second-order valence-corrected chi connectivity index (χ2v) is 3.49. The molecular formula is C8H17N3O2. The Morgan fingerprint density at radius 1 is 1.46 bits per heavy atom. The van der Waals surface area contributed by atoms with E-state index in [1.165, 1.54) is 0 Å². The van der Waals surface area contributed by atoms with Gasteiger partial charge in [0.1, 0.15) is 0 Å². The van der Waals surface area contributed by atoms with Gasteiger partial charge in [0.25, 0.3) is 0 Å². The van der Waals surface area contributed by atoms with Gasteiger partial charge >= 0.3 is 0 Å². The second kappa shape index (κ2) is 5.04. The van der Waals surface area contributed by atoms with E-state index in [1.54, 1.807) is 0 Å². The summed E-state index contributed by atoms with van der Waals surface area (Å²) in [6.07, 6.45) is 1.99. The molecule has 0 aromatic rings. The van der Waals surface area contributed by atoms with Crippen LogP contribution in [0.3, 0.4) is 0 Å². The zero-order valence-electron chi connectivity index (χ0n) is 7.69. The molecule has 5 nitrogen and oxygen atoms in total. The monoisotopic (exact) mass is 187 g/mol. The number of nitrogens with two attached hydrogens (primary N) is 1. The van der Waals surface area contributed by atoms with Crippen LogP contribution in [0.15, 0.2) is 5.16 Å². The number of likely N-dealkylation sites (tertiary alicyclic amines) is 1. The first-order valence-corrected chi connectivity index (χ1v) is 4.56. The van der Waals surface area contributed by atoms with Gasteiger partial charge in [0, 0.05) is 6.61 Å². The van der Waals surface area contributed by atoms with E-state index in [1.807, 2.05) is 0 Å². The first-order valence-electron chi connectivity index (χ1n) is 4.56. The normalized spacial score (nSPS) is 22.1. The lowest BCUT2D eigenvalue weighted by Gasteiger charge is -2.30. The summed E-state index contributed by atoms with van der Waals surface area (Å²) < 4.78 is 0. The number of amidine groups is 1. The molecule has 0 saturated carbocycles. The van der Waals surface area contributed by atoms with Crippen LogP contribution in [0.4, 0.5) is 0 Å². The lowest BCUT2D eigenvalue weighted by atomic mass is 9.98. The Bertz CT molecular complexity index is 176. The molecule has 1 saturated heterocycles. The third kappa shape index (κ3) is 3.20. The molecule has 0 aromatic heterocycles. The fourth-order valence-electron chi connectivity index (χ4n) is 1.59. The van der Waals surface area contributed by atoms with E-state index in [2.05, 4.69) is 10.1 Å². The van der Waals surface area contributed by atoms with E-state index in [0.29, 0.717) is 12.5 Å². The molecule has 13 heavy (non-hydrogen) atoms. The predicted molar refractivity (Wildman–Crippen MR) is 49.7 cm³/mol. The highest BCUT2D eigenvalue weighted by Gasteiger charge is 2.18. The van der Waals surface area contributed by atoms with E-state index in [0.717, 1.165) is 25.9 Å². The molecule has 1 aliphatic heterocycles. The molecule has 5 heteroatoms. The Balaban J connectivity index is 2.25. The summed E-state index contributed by atoms with van der Waals surface area (Å²) >= 11 is 0. The van der Waals surface area contributed by atoms with Crippen molar-refractivity contribution in [2.75, 3.05) is 26.2 Å². The quantitative estimate of drug-likeness (QED) is 0.239. The molecule has 1 aliphatic rings. The van der Waals surface area contributed by atoms with Crippen LogP contribution in [0.2, 0.25) is 0 Å². The molecule has 0 bridgehead atoms. The van der Waals surface area contributed by atoms with Crippen LogP contribution in [0.25, 0.3) is 0 Å². The smallest absolute Gasteiger partial charge is 0.153 e. The number of piperidine rings is 1. The molecule has 1 rings (SSSR count). The molecule has 0 radical (unpaired) electrons. The van der Waals surface area contributed by atoms with Crippen molar-refractivity contribution in [3.8, 4) is 0 Å². The van der Waals surface area contributed by atoms with Gasteiger partial charge < -0.3 is 16.0 Å². The molecule has 0 spiro atoms. The summed E-state index contributed by atoms with van der Waals surface area (Å²) in [6, 6.07) is 0. The summed E-state index contributed by atoms with van der Waals surface area (Å²) in [5, 5.41) is 20.2. The average molecular weight is 187 g/mol. The van der Waals surface area contributed by atoms with E-state index >= 15 is 0 Å². The second-order valence-electron chi connectivity index (χ2n) is 3.49. The van der Waals surface area contributed by atoms with Crippen molar-refractivity contribution in [3.05, 3.63) is 0 Å². The third-order valence-electron chi connectivity index (χ3n) is 2.48. The summed E-state index contributed by atoms with van der Waals surface area (Å²) in [5.74, 6) is 0.686. The molecule has 0 unspecified atom stereocenters. The lowest BCUT2D eigenvalue weighted by molar-refractivity contribution is 0.141. The first-order chi connectivity index (χ1) is 6.26. The number of nitrogens with zero attached hydrogens (tertiary/aromatic N) is 2. The summed E-state index contributed by atoms with van der Waals surface area (Å²) in [5.41, 5.74) is 5.38. The van der Waals surface area contributed by atoms with Gasteiger partial charge in [-0.05, 0) is 31.8 Å². The van der Waals surface area contributed by atoms with E-state index in [9.17, 15) is 0 Å². The van der Waals surface area contributed by atoms with Gasteiger partial charge in [-0.15, -0.1) is 0 Å². The highest BCUT2D eigenvalue weighted by molar-refractivity contribution is 5.81. The van der Waals surface area contributed by atoms with Crippen LogP contribution in [0, 0.1) is 5.92 Å². The zero-order valence-corrected chi connectivity index (χ0v) is 7.69. The van der Waals surface area contributed by atoms with Crippen molar-refractivity contribution >= 4 is 5.84 Å². The largest absolute Gasteiger partial charge is 0.409 e. The van der Waals surface area contributed by atoms with Gasteiger partial charge in [-0.2, -0.15) is 0 Å². The van der Waals surface area contributed by atoms with E-state index < -0.39 is 0 Å². The average Bonchev–Trinajstić information content (AvgIpc) is 2.19. The SMILES string of the molecule is N/C(CN1CCC(CO)CC1)=N\O. The molecule has 0 aliphatic carbocycles. The molecule has 4 N–H and O–H groups in total. The standard InChI is InChI=1S/C8H17N3O2/c9-8(10-13)5-11-3-1-7(6-12)2-4-11/h7,12-13H,1-6H2,(H2,9,10). The molecule has 76 valence electrons. The van der Waals surface area contributed by atoms with Gasteiger partial charge in [0.2, 0.25) is 0 Å². The van der Waals surface area contributed by atoms with Crippen molar-refractivity contribution in [1.29, 1.82) is 0 Å². The molecule has 0 atom stereocenters. The van der Waals surface area contributed by atoms with Crippen LogP contribution < -0.4 is 5.73 Å². The van der Waals surface area contributed by atoms with Crippen LogP contribution >= 0.6 is 0 Å². The van der Waals surface area contributed by atoms with Crippen molar-refractivity contribution in [1.82, 2.24) is 4.90 Å². The van der Waals surface area contributed by atoms with E-state index in [-0.39, 0.29) is 12.4 Å². The maximum absolute atomic E-state index is 8.90. The number of oxime groups is 1. The minimum atomic E-state index is 0.252. The number of rotatable bonds is 3. The van der Waals surface area contributed by atoms with Crippen molar-refractivity contribution < 1.29 is 10.3 Å². The fourth-order valence-corrected chi connectivity index (χ4v) is 1.59. The topological polar surface area (TPSA) is 82.1 Å². The lowest BCUT2D eigenvalue weighted by Crippen LogP contribution is -2.40. The van der Waals surface area contributed by atoms with Crippen LogP contribution in [0.5, 0.6) is 0 Å². The minimum absolute atomic E-state index is 0.252. The Hall–Kier alpha value is -0.810. The molecule has 0 aromatic carbocycles. The Kier molecular flexibility index (Phi) is 3.98. The van der Waals surface area contributed by atoms with Crippen LogP contribution in [-0.4, -0.2) is 47.3 Å². The van der Waals surface area contributed by atoms with Crippen molar-refractivity contribution in [3.63, 3.8) is 0 Å². The number of aliphatic hydroxyl groups is 1.